The molecule has 1 aliphatic rings. The molecule has 1 N–H and O–H groups in total. The number of nitrogens with zero attached hydrogens (tertiary/aromatic N) is 1. The SMILES string of the molecule is O=C(CN(Cc1ccc(F)cc1)CC(F)(F)F)NC[C@H]1CCCO1. The molecule has 0 radical (unpaired) electrons. The van der Waals surface area contributed by atoms with Crippen LogP contribution in [-0.4, -0.2) is 49.3 Å². The van der Waals surface area contributed by atoms with E-state index in [1.807, 2.05) is 0 Å². The van der Waals surface area contributed by atoms with Gasteiger partial charge in [0.15, 0.2) is 0 Å². The van der Waals surface area contributed by atoms with Gasteiger partial charge in [0.1, 0.15) is 5.82 Å². The maximum Gasteiger partial charge on any atom is 0.401 e. The fourth-order valence-corrected chi connectivity index (χ4v) is 2.56. The fourth-order valence-electron chi connectivity index (χ4n) is 2.56. The molecule has 4 nitrogen and oxygen atoms in total. The Kier molecular flexibility index (Phi) is 6.56. The number of hydrogen-bond acceptors (Lipinski definition) is 3. The van der Waals surface area contributed by atoms with Crippen LogP contribution in [0.3, 0.4) is 0 Å². The predicted molar refractivity (Wildman–Crippen MR) is 79.7 cm³/mol. The van der Waals surface area contributed by atoms with Crippen LogP contribution in [0.25, 0.3) is 0 Å². The Morgan fingerprint density at radius 2 is 2.00 bits per heavy atom. The summed E-state index contributed by atoms with van der Waals surface area (Å²) < 4.78 is 56.3. The third-order valence-electron chi connectivity index (χ3n) is 3.64. The van der Waals surface area contributed by atoms with Crippen LogP contribution >= 0.6 is 0 Å². The van der Waals surface area contributed by atoms with Crippen LogP contribution in [0.2, 0.25) is 0 Å². The normalized spacial score (nSPS) is 18.1. The fraction of sp³-hybridized carbons (Fsp3) is 0.562. The van der Waals surface area contributed by atoms with Crippen LogP contribution in [-0.2, 0) is 16.1 Å². The van der Waals surface area contributed by atoms with E-state index >= 15 is 0 Å². The molecule has 0 spiro atoms. The van der Waals surface area contributed by atoms with Crippen LogP contribution in [0.4, 0.5) is 17.6 Å². The average Bonchev–Trinajstić information content (AvgIpc) is 2.99. The Hall–Kier alpha value is -1.67. The zero-order valence-corrected chi connectivity index (χ0v) is 13.1. The third-order valence-corrected chi connectivity index (χ3v) is 3.64. The summed E-state index contributed by atoms with van der Waals surface area (Å²) in [4.78, 5) is 12.9. The molecule has 1 heterocycles. The van der Waals surface area contributed by atoms with Gasteiger partial charge in [-0.3, -0.25) is 9.69 Å². The maximum atomic E-state index is 12.9. The molecule has 1 aromatic carbocycles. The van der Waals surface area contributed by atoms with E-state index in [0.29, 0.717) is 18.7 Å². The first-order valence-electron chi connectivity index (χ1n) is 7.74. The van der Waals surface area contributed by atoms with E-state index in [2.05, 4.69) is 5.32 Å². The van der Waals surface area contributed by atoms with Crippen LogP contribution in [0.15, 0.2) is 24.3 Å². The van der Waals surface area contributed by atoms with Gasteiger partial charge in [-0.15, -0.1) is 0 Å². The minimum atomic E-state index is -4.42. The molecule has 1 atom stereocenters. The van der Waals surface area contributed by atoms with E-state index in [1.165, 1.54) is 24.3 Å². The summed E-state index contributed by atoms with van der Waals surface area (Å²) in [5.41, 5.74) is 0.507. The molecule has 8 heteroatoms. The van der Waals surface area contributed by atoms with E-state index in [4.69, 9.17) is 4.74 Å². The molecule has 1 aromatic rings. The van der Waals surface area contributed by atoms with Gasteiger partial charge in [0.25, 0.3) is 0 Å². The lowest BCUT2D eigenvalue weighted by Gasteiger charge is -2.23. The summed E-state index contributed by atoms with van der Waals surface area (Å²) in [6.45, 7) is -0.741. The highest BCUT2D eigenvalue weighted by atomic mass is 19.4. The van der Waals surface area contributed by atoms with Crippen molar-refractivity contribution >= 4 is 5.91 Å². The number of carbonyl (C=O) groups excluding carboxylic acids is 1. The molecule has 24 heavy (non-hydrogen) atoms. The van der Waals surface area contributed by atoms with Gasteiger partial charge in [-0.05, 0) is 30.5 Å². The van der Waals surface area contributed by atoms with Crippen molar-refractivity contribution in [2.24, 2.45) is 0 Å². The number of carbonyl (C=O) groups is 1. The summed E-state index contributed by atoms with van der Waals surface area (Å²) >= 11 is 0. The molecule has 0 aromatic heterocycles. The molecule has 0 aliphatic carbocycles. The summed E-state index contributed by atoms with van der Waals surface area (Å²) in [5, 5.41) is 2.60. The van der Waals surface area contributed by atoms with E-state index in [0.717, 1.165) is 17.7 Å². The Morgan fingerprint density at radius 3 is 2.58 bits per heavy atom. The topological polar surface area (TPSA) is 41.6 Å². The summed E-state index contributed by atoms with van der Waals surface area (Å²) in [5.74, 6) is -0.952. The standard InChI is InChI=1S/C16H20F4N2O2/c17-13-5-3-12(4-6-13)9-22(11-16(18,19)20)10-15(23)21-8-14-2-1-7-24-14/h3-6,14H,1-2,7-11H2,(H,21,23)/t14-/m1/s1. The van der Waals surface area contributed by atoms with Gasteiger partial charge in [-0.1, -0.05) is 12.1 Å². The number of halogens is 4. The Labute approximate surface area is 137 Å². The molecule has 1 saturated heterocycles. The molecule has 1 fully saturated rings. The van der Waals surface area contributed by atoms with Gasteiger partial charge in [0, 0.05) is 19.7 Å². The van der Waals surface area contributed by atoms with Crippen molar-refractivity contribution in [2.45, 2.75) is 31.7 Å². The third kappa shape index (κ3) is 6.84. The second-order valence-electron chi connectivity index (χ2n) is 5.83. The largest absolute Gasteiger partial charge is 0.401 e. The Bertz CT molecular complexity index is 528. The second kappa shape index (κ2) is 8.43. The van der Waals surface area contributed by atoms with E-state index in [9.17, 15) is 22.4 Å². The van der Waals surface area contributed by atoms with Crippen molar-refractivity contribution < 1.29 is 27.1 Å². The van der Waals surface area contributed by atoms with Crippen molar-refractivity contribution in [3.05, 3.63) is 35.6 Å². The monoisotopic (exact) mass is 348 g/mol. The molecular weight excluding hydrogens is 328 g/mol. The van der Waals surface area contributed by atoms with Crippen molar-refractivity contribution in [3.8, 4) is 0 Å². The summed E-state index contributed by atoms with van der Waals surface area (Å²) in [6.07, 6.45) is -2.73. The first-order chi connectivity index (χ1) is 11.3. The number of ether oxygens (including phenoxy) is 1. The molecule has 1 amide bonds. The van der Waals surface area contributed by atoms with E-state index in [-0.39, 0.29) is 19.2 Å². The lowest BCUT2D eigenvalue weighted by atomic mass is 10.2. The highest BCUT2D eigenvalue weighted by Gasteiger charge is 2.31. The van der Waals surface area contributed by atoms with Crippen molar-refractivity contribution in [1.82, 2.24) is 10.2 Å². The minimum absolute atomic E-state index is 0.0675. The van der Waals surface area contributed by atoms with Crippen molar-refractivity contribution in [2.75, 3.05) is 26.2 Å². The van der Waals surface area contributed by atoms with Crippen molar-refractivity contribution in [3.63, 3.8) is 0 Å². The average molecular weight is 348 g/mol. The molecule has 0 unspecified atom stereocenters. The predicted octanol–water partition coefficient (Wildman–Crippen LogP) is 2.49. The smallest absolute Gasteiger partial charge is 0.376 e. The van der Waals surface area contributed by atoms with Gasteiger partial charge in [-0.2, -0.15) is 13.2 Å². The summed E-state index contributed by atoms with van der Waals surface area (Å²) in [6, 6.07) is 5.17. The highest BCUT2D eigenvalue weighted by Crippen LogP contribution is 2.18. The summed E-state index contributed by atoms with van der Waals surface area (Å²) in [7, 11) is 0. The van der Waals surface area contributed by atoms with Crippen LogP contribution in [0.5, 0.6) is 0 Å². The Balaban J connectivity index is 1.89. The molecule has 134 valence electrons. The van der Waals surface area contributed by atoms with Gasteiger partial charge in [0.2, 0.25) is 5.91 Å². The van der Waals surface area contributed by atoms with Gasteiger partial charge in [-0.25, -0.2) is 4.39 Å². The Morgan fingerprint density at radius 1 is 1.29 bits per heavy atom. The number of benzene rings is 1. The maximum absolute atomic E-state index is 12.9. The quantitative estimate of drug-likeness (QED) is 0.770. The van der Waals surface area contributed by atoms with Crippen LogP contribution in [0.1, 0.15) is 18.4 Å². The molecule has 0 saturated carbocycles. The number of hydrogen-bond donors (Lipinski definition) is 1. The molecule has 1 aliphatic heterocycles. The number of alkyl halides is 3. The second-order valence-corrected chi connectivity index (χ2v) is 5.83. The highest BCUT2D eigenvalue weighted by molar-refractivity contribution is 5.78. The lowest BCUT2D eigenvalue weighted by molar-refractivity contribution is -0.150. The molecule has 2 rings (SSSR count). The minimum Gasteiger partial charge on any atom is -0.376 e. The first kappa shape index (κ1) is 18.7. The van der Waals surface area contributed by atoms with Crippen LogP contribution < -0.4 is 5.32 Å². The molecular formula is C16H20F4N2O2. The number of amides is 1. The van der Waals surface area contributed by atoms with Gasteiger partial charge >= 0.3 is 6.18 Å². The van der Waals surface area contributed by atoms with Crippen molar-refractivity contribution in [1.29, 1.82) is 0 Å². The number of rotatable bonds is 7. The zero-order chi connectivity index (χ0) is 17.6. The van der Waals surface area contributed by atoms with Crippen LogP contribution in [0, 0.1) is 5.82 Å². The van der Waals surface area contributed by atoms with E-state index in [1.54, 1.807) is 0 Å². The van der Waals surface area contributed by atoms with Gasteiger partial charge in [0.05, 0.1) is 19.2 Å². The molecule has 0 bridgehead atoms. The zero-order valence-electron chi connectivity index (χ0n) is 13.1. The van der Waals surface area contributed by atoms with E-state index < -0.39 is 24.4 Å². The lowest BCUT2D eigenvalue weighted by Crippen LogP contribution is -2.43. The number of nitrogens with one attached hydrogen (secondary N) is 1. The van der Waals surface area contributed by atoms with Gasteiger partial charge < -0.3 is 10.1 Å². The first-order valence-corrected chi connectivity index (χ1v) is 7.74.